The Morgan fingerprint density at radius 3 is 2.53 bits per heavy atom. The summed E-state index contributed by atoms with van der Waals surface area (Å²) in [6.07, 6.45) is 4.54. The molecule has 0 N–H and O–H groups in total. The molecule has 1 heterocycles. The van der Waals surface area contributed by atoms with Gasteiger partial charge in [-0.3, -0.25) is 4.90 Å². The summed E-state index contributed by atoms with van der Waals surface area (Å²) in [5, 5.41) is 2.76. The van der Waals surface area contributed by atoms with Crippen LogP contribution in [-0.2, 0) is 25.4 Å². The number of hydrogen-bond acceptors (Lipinski definition) is 1. The number of aryl methyl sites for hydroxylation is 2. The van der Waals surface area contributed by atoms with Crippen LogP contribution in [0.15, 0.2) is 60.7 Å². The predicted octanol–water partition coefficient (Wildman–Crippen LogP) is 7.07. The first-order valence-electron chi connectivity index (χ1n) is 11.6. The number of hydrogen-bond donors (Lipinski definition) is 0. The summed E-state index contributed by atoms with van der Waals surface area (Å²) in [4.78, 5) is 2.39. The molecule has 3 aromatic carbocycles. The van der Waals surface area contributed by atoms with Gasteiger partial charge in [-0.2, -0.15) is 13.2 Å². The largest absolute Gasteiger partial charge is 0.416 e. The SMILES string of the molecule is FC(F)(F)c1cccc(C2=CCN(CCc3ccc4ccc5c(c4c3)CCCC5)CC2)c1. The number of nitrogens with zero attached hydrogens (tertiary/aromatic N) is 1. The molecule has 1 aliphatic heterocycles. The highest BCUT2D eigenvalue weighted by molar-refractivity contribution is 5.87. The summed E-state index contributed by atoms with van der Waals surface area (Å²) in [7, 11) is 0. The highest BCUT2D eigenvalue weighted by Crippen LogP contribution is 2.33. The van der Waals surface area contributed by atoms with Crippen molar-refractivity contribution in [3.8, 4) is 0 Å². The van der Waals surface area contributed by atoms with Gasteiger partial charge in [0.25, 0.3) is 0 Å². The van der Waals surface area contributed by atoms with Gasteiger partial charge in [-0.25, -0.2) is 0 Å². The van der Waals surface area contributed by atoms with Crippen LogP contribution in [0.2, 0.25) is 0 Å². The minimum absolute atomic E-state index is 0.572. The molecule has 32 heavy (non-hydrogen) atoms. The van der Waals surface area contributed by atoms with Gasteiger partial charge < -0.3 is 0 Å². The molecule has 0 aromatic heterocycles. The van der Waals surface area contributed by atoms with Gasteiger partial charge in [0.1, 0.15) is 0 Å². The Labute approximate surface area is 187 Å². The summed E-state index contributed by atoms with van der Waals surface area (Å²) >= 11 is 0. The van der Waals surface area contributed by atoms with Crippen LogP contribution in [0.5, 0.6) is 0 Å². The highest BCUT2D eigenvalue weighted by atomic mass is 19.4. The molecule has 1 nitrogen and oxygen atoms in total. The minimum atomic E-state index is -4.30. The molecule has 3 aromatic rings. The average Bonchev–Trinajstić information content (AvgIpc) is 2.82. The first-order valence-corrected chi connectivity index (χ1v) is 11.6. The van der Waals surface area contributed by atoms with E-state index in [-0.39, 0.29) is 0 Å². The second-order valence-electron chi connectivity index (χ2n) is 9.07. The number of fused-ring (bicyclic) bond motifs is 3. The van der Waals surface area contributed by atoms with E-state index >= 15 is 0 Å². The van der Waals surface area contributed by atoms with Gasteiger partial charge in [-0.15, -0.1) is 0 Å². The summed E-state index contributed by atoms with van der Waals surface area (Å²) in [5.41, 5.74) is 5.57. The maximum Gasteiger partial charge on any atom is 0.416 e. The van der Waals surface area contributed by atoms with E-state index in [1.54, 1.807) is 11.6 Å². The van der Waals surface area contributed by atoms with Gasteiger partial charge in [0.15, 0.2) is 0 Å². The molecule has 5 rings (SSSR count). The highest BCUT2D eigenvalue weighted by Gasteiger charge is 2.30. The van der Waals surface area contributed by atoms with Crippen LogP contribution in [0.4, 0.5) is 13.2 Å². The van der Waals surface area contributed by atoms with E-state index < -0.39 is 11.7 Å². The van der Waals surface area contributed by atoms with E-state index in [2.05, 4.69) is 41.3 Å². The molecule has 166 valence electrons. The van der Waals surface area contributed by atoms with Crippen molar-refractivity contribution in [3.63, 3.8) is 0 Å². The van der Waals surface area contributed by atoms with E-state index in [9.17, 15) is 13.2 Å². The molecule has 0 amide bonds. The number of halogens is 3. The average molecular weight is 436 g/mol. The monoisotopic (exact) mass is 435 g/mol. The van der Waals surface area contributed by atoms with Gasteiger partial charge in [0.05, 0.1) is 5.56 Å². The normalized spacial score (nSPS) is 17.3. The minimum Gasteiger partial charge on any atom is -0.299 e. The second-order valence-corrected chi connectivity index (χ2v) is 9.07. The zero-order chi connectivity index (χ0) is 22.1. The first kappa shape index (κ1) is 21.3. The third-order valence-corrected chi connectivity index (χ3v) is 6.99. The molecular formula is C28H28F3N. The number of rotatable bonds is 4. The van der Waals surface area contributed by atoms with Crippen molar-refractivity contribution in [2.75, 3.05) is 19.6 Å². The molecule has 0 fully saturated rings. The van der Waals surface area contributed by atoms with Crippen LogP contribution in [0.1, 0.15) is 47.1 Å². The van der Waals surface area contributed by atoms with Crippen molar-refractivity contribution >= 4 is 16.3 Å². The lowest BCUT2D eigenvalue weighted by Gasteiger charge is -2.27. The fraction of sp³-hybridized carbons (Fsp3) is 0.357. The Kier molecular flexibility index (Phi) is 5.81. The zero-order valence-electron chi connectivity index (χ0n) is 18.2. The van der Waals surface area contributed by atoms with Crippen LogP contribution in [0, 0.1) is 0 Å². The van der Waals surface area contributed by atoms with Crippen LogP contribution in [0.3, 0.4) is 0 Å². The molecule has 0 atom stereocenters. The van der Waals surface area contributed by atoms with E-state index in [1.807, 2.05) is 0 Å². The Morgan fingerprint density at radius 2 is 1.72 bits per heavy atom. The second kappa shape index (κ2) is 8.74. The molecule has 0 spiro atoms. The maximum atomic E-state index is 13.0. The standard InChI is InChI=1S/C28H28F3N/c29-28(30,31)25-6-3-5-24(19-25)21-13-16-32(17-14-21)15-12-20-8-9-23-11-10-22-4-1-2-7-26(22)27(23)18-20/h3,5-6,8-11,13,18-19H,1-2,4,7,12,14-17H2. The van der Waals surface area contributed by atoms with E-state index in [0.717, 1.165) is 44.1 Å². The number of benzene rings is 3. The third kappa shape index (κ3) is 4.47. The van der Waals surface area contributed by atoms with Gasteiger partial charge >= 0.3 is 6.18 Å². The quantitative estimate of drug-likeness (QED) is 0.424. The lowest BCUT2D eigenvalue weighted by molar-refractivity contribution is -0.137. The first-order chi connectivity index (χ1) is 15.5. The molecule has 2 aliphatic rings. The van der Waals surface area contributed by atoms with E-state index in [0.29, 0.717) is 5.56 Å². The fourth-order valence-corrected chi connectivity index (χ4v) is 5.14. The van der Waals surface area contributed by atoms with Gasteiger partial charge in [-0.1, -0.05) is 48.5 Å². The maximum absolute atomic E-state index is 13.0. The van der Waals surface area contributed by atoms with Crippen molar-refractivity contribution in [1.29, 1.82) is 0 Å². The molecule has 0 bridgehead atoms. The molecule has 4 heteroatoms. The smallest absolute Gasteiger partial charge is 0.299 e. The molecule has 0 saturated heterocycles. The van der Waals surface area contributed by atoms with Crippen molar-refractivity contribution in [3.05, 3.63) is 88.5 Å². The van der Waals surface area contributed by atoms with Gasteiger partial charge in [0, 0.05) is 19.6 Å². The van der Waals surface area contributed by atoms with Gasteiger partial charge in [0.2, 0.25) is 0 Å². The summed E-state index contributed by atoms with van der Waals surface area (Å²) in [5.74, 6) is 0. The molecule has 0 radical (unpaired) electrons. The third-order valence-electron chi connectivity index (χ3n) is 6.99. The van der Waals surface area contributed by atoms with Crippen molar-refractivity contribution in [1.82, 2.24) is 4.90 Å². The number of alkyl halides is 3. The Balaban J connectivity index is 1.25. The Bertz CT molecular complexity index is 1160. The lowest BCUT2D eigenvalue weighted by atomic mass is 9.87. The van der Waals surface area contributed by atoms with Gasteiger partial charge in [-0.05, 0) is 89.3 Å². The molecule has 1 aliphatic carbocycles. The summed E-state index contributed by atoms with van der Waals surface area (Å²) < 4.78 is 39.1. The Morgan fingerprint density at radius 1 is 0.875 bits per heavy atom. The van der Waals surface area contributed by atoms with Crippen LogP contribution < -0.4 is 0 Å². The molecule has 0 saturated carbocycles. The fourth-order valence-electron chi connectivity index (χ4n) is 5.14. The van der Waals surface area contributed by atoms with E-state index in [1.165, 1.54) is 59.7 Å². The van der Waals surface area contributed by atoms with Crippen molar-refractivity contribution in [2.24, 2.45) is 0 Å². The van der Waals surface area contributed by atoms with Crippen molar-refractivity contribution < 1.29 is 13.2 Å². The van der Waals surface area contributed by atoms with Crippen molar-refractivity contribution in [2.45, 2.75) is 44.7 Å². The molecule has 0 unspecified atom stereocenters. The van der Waals surface area contributed by atoms with Crippen LogP contribution in [0.25, 0.3) is 16.3 Å². The van der Waals surface area contributed by atoms with Crippen LogP contribution in [-0.4, -0.2) is 24.5 Å². The van der Waals surface area contributed by atoms with E-state index in [4.69, 9.17) is 0 Å². The molecular weight excluding hydrogens is 407 g/mol. The Hall–Kier alpha value is -2.59. The predicted molar refractivity (Wildman–Crippen MR) is 125 cm³/mol. The summed E-state index contributed by atoms with van der Waals surface area (Å²) in [6.45, 7) is 2.63. The topological polar surface area (TPSA) is 3.24 Å². The van der Waals surface area contributed by atoms with Crippen LogP contribution >= 0.6 is 0 Å². The lowest BCUT2D eigenvalue weighted by Crippen LogP contribution is -2.30. The zero-order valence-corrected chi connectivity index (χ0v) is 18.2. The summed E-state index contributed by atoms with van der Waals surface area (Å²) in [6, 6.07) is 17.1.